The lowest BCUT2D eigenvalue weighted by Gasteiger charge is -2.05. The first-order valence-electron chi connectivity index (χ1n) is 4.28. The highest BCUT2D eigenvalue weighted by Gasteiger charge is 1.94. The van der Waals surface area contributed by atoms with Crippen LogP contribution in [-0.4, -0.2) is 36.1 Å². The van der Waals surface area contributed by atoms with Gasteiger partial charge in [-0.05, 0) is 6.07 Å². The smallest absolute Gasteiger partial charge is 0.314 e. The van der Waals surface area contributed by atoms with Crippen LogP contribution in [0.25, 0.3) is 0 Å². The van der Waals surface area contributed by atoms with Crippen LogP contribution in [0.1, 0.15) is 0 Å². The normalized spacial score (nSPS) is 9.21. The molecule has 1 rings (SSSR count). The van der Waals surface area contributed by atoms with Crippen LogP contribution in [-0.2, 0) is 0 Å². The number of hydrogen-bond acceptors (Lipinski definition) is 4. The van der Waals surface area contributed by atoms with Crippen molar-refractivity contribution in [3.8, 4) is 0 Å². The first-order chi connectivity index (χ1) is 6.83. The van der Waals surface area contributed by atoms with Crippen LogP contribution in [0.4, 0.5) is 10.6 Å². The molecule has 1 heterocycles. The molecule has 2 amide bonds. The molecule has 0 saturated heterocycles. The van der Waals surface area contributed by atoms with Gasteiger partial charge in [0.15, 0.2) is 0 Å². The maximum Gasteiger partial charge on any atom is 0.314 e. The third-order valence-corrected chi connectivity index (χ3v) is 1.53. The monoisotopic (exact) mass is 195 g/mol. The minimum Gasteiger partial charge on any atom is -0.368 e. The van der Waals surface area contributed by atoms with E-state index in [0.29, 0.717) is 13.1 Å². The van der Waals surface area contributed by atoms with Crippen LogP contribution in [0.15, 0.2) is 18.6 Å². The predicted octanol–water partition coefficient (Wildman–Crippen LogP) is -0.183. The lowest BCUT2D eigenvalue weighted by Crippen LogP contribution is -2.35. The molecule has 6 heteroatoms. The van der Waals surface area contributed by atoms with Crippen LogP contribution in [0.3, 0.4) is 0 Å². The SMILES string of the molecule is CNC(=O)NCCNc1ccncn1. The van der Waals surface area contributed by atoms with Crippen molar-refractivity contribution in [3.63, 3.8) is 0 Å². The Balaban J connectivity index is 2.13. The van der Waals surface area contributed by atoms with Crippen molar-refractivity contribution in [2.75, 3.05) is 25.5 Å². The van der Waals surface area contributed by atoms with Crippen LogP contribution in [0.2, 0.25) is 0 Å². The van der Waals surface area contributed by atoms with E-state index in [1.165, 1.54) is 6.33 Å². The number of anilines is 1. The van der Waals surface area contributed by atoms with Crippen molar-refractivity contribution in [1.82, 2.24) is 20.6 Å². The number of carbonyl (C=O) groups excluding carboxylic acids is 1. The molecule has 0 aliphatic carbocycles. The van der Waals surface area contributed by atoms with Crippen molar-refractivity contribution in [3.05, 3.63) is 18.6 Å². The number of nitrogens with zero attached hydrogens (tertiary/aromatic N) is 2. The lowest BCUT2D eigenvalue weighted by atomic mass is 10.5. The van der Waals surface area contributed by atoms with Gasteiger partial charge in [0.05, 0.1) is 0 Å². The third kappa shape index (κ3) is 3.70. The van der Waals surface area contributed by atoms with Crippen molar-refractivity contribution in [2.45, 2.75) is 0 Å². The Morgan fingerprint density at radius 3 is 3.00 bits per heavy atom. The van der Waals surface area contributed by atoms with Gasteiger partial charge in [-0.25, -0.2) is 14.8 Å². The maximum absolute atomic E-state index is 10.7. The molecular formula is C8H13N5O. The molecule has 6 nitrogen and oxygen atoms in total. The average Bonchev–Trinajstić information content (AvgIpc) is 2.25. The molecule has 14 heavy (non-hydrogen) atoms. The zero-order valence-corrected chi connectivity index (χ0v) is 7.95. The molecule has 0 aromatic carbocycles. The van der Waals surface area contributed by atoms with Crippen LogP contribution in [0.5, 0.6) is 0 Å². The van der Waals surface area contributed by atoms with E-state index < -0.39 is 0 Å². The summed E-state index contributed by atoms with van der Waals surface area (Å²) in [7, 11) is 1.58. The Hall–Kier alpha value is -1.85. The maximum atomic E-state index is 10.7. The quantitative estimate of drug-likeness (QED) is 0.582. The van der Waals surface area contributed by atoms with Gasteiger partial charge in [0.2, 0.25) is 0 Å². The highest BCUT2D eigenvalue weighted by atomic mass is 16.2. The minimum absolute atomic E-state index is 0.186. The van der Waals surface area contributed by atoms with Gasteiger partial charge in [-0.2, -0.15) is 0 Å². The molecule has 3 N–H and O–H groups in total. The highest BCUT2D eigenvalue weighted by molar-refractivity contribution is 5.73. The number of urea groups is 1. The molecule has 1 aromatic heterocycles. The third-order valence-electron chi connectivity index (χ3n) is 1.53. The van der Waals surface area contributed by atoms with Crippen LogP contribution >= 0.6 is 0 Å². The van der Waals surface area contributed by atoms with Gasteiger partial charge in [-0.3, -0.25) is 0 Å². The Morgan fingerprint density at radius 2 is 2.36 bits per heavy atom. The van der Waals surface area contributed by atoms with E-state index >= 15 is 0 Å². The van der Waals surface area contributed by atoms with Gasteiger partial charge < -0.3 is 16.0 Å². The second kappa shape index (κ2) is 5.74. The largest absolute Gasteiger partial charge is 0.368 e. The first kappa shape index (κ1) is 10.2. The number of aromatic nitrogens is 2. The second-order valence-corrected chi connectivity index (χ2v) is 2.53. The number of rotatable bonds is 4. The van der Waals surface area contributed by atoms with Gasteiger partial charge >= 0.3 is 6.03 Å². The summed E-state index contributed by atoms with van der Waals surface area (Å²) >= 11 is 0. The standard InChI is InChI=1S/C8H13N5O/c1-9-8(14)12-5-4-11-7-2-3-10-6-13-7/h2-3,6H,4-5H2,1H3,(H2,9,12,14)(H,10,11,13). The highest BCUT2D eigenvalue weighted by Crippen LogP contribution is 1.95. The molecule has 0 fully saturated rings. The van der Waals surface area contributed by atoms with Gasteiger partial charge in [-0.15, -0.1) is 0 Å². The van der Waals surface area contributed by atoms with E-state index in [4.69, 9.17) is 0 Å². The Morgan fingerprint density at radius 1 is 1.50 bits per heavy atom. The van der Waals surface area contributed by atoms with E-state index in [0.717, 1.165) is 5.82 Å². The molecule has 0 spiro atoms. The molecule has 0 atom stereocenters. The summed E-state index contributed by atoms with van der Waals surface area (Å²) in [6.07, 6.45) is 3.12. The van der Waals surface area contributed by atoms with Crippen molar-refractivity contribution >= 4 is 11.8 Å². The van der Waals surface area contributed by atoms with Crippen LogP contribution in [0, 0.1) is 0 Å². The number of carbonyl (C=O) groups is 1. The molecule has 0 aliphatic rings. The topological polar surface area (TPSA) is 78.9 Å². The average molecular weight is 195 g/mol. The van der Waals surface area contributed by atoms with E-state index in [-0.39, 0.29) is 6.03 Å². The summed E-state index contributed by atoms with van der Waals surface area (Å²) < 4.78 is 0. The summed E-state index contributed by atoms with van der Waals surface area (Å²) in [5.41, 5.74) is 0. The fourth-order valence-corrected chi connectivity index (χ4v) is 0.850. The minimum atomic E-state index is -0.186. The predicted molar refractivity (Wildman–Crippen MR) is 53.0 cm³/mol. The number of nitrogens with one attached hydrogen (secondary N) is 3. The van der Waals surface area contributed by atoms with E-state index in [9.17, 15) is 4.79 Å². The summed E-state index contributed by atoms with van der Waals surface area (Å²) in [4.78, 5) is 18.5. The molecule has 0 bridgehead atoms. The fourth-order valence-electron chi connectivity index (χ4n) is 0.850. The molecule has 0 radical (unpaired) electrons. The molecule has 0 aliphatic heterocycles. The first-order valence-corrected chi connectivity index (χ1v) is 4.28. The summed E-state index contributed by atoms with van der Waals surface area (Å²) in [6, 6.07) is 1.58. The van der Waals surface area contributed by atoms with Gasteiger partial charge in [0.1, 0.15) is 12.1 Å². The lowest BCUT2D eigenvalue weighted by molar-refractivity contribution is 0.243. The molecule has 1 aromatic rings. The van der Waals surface area contributed by atoms with Crippen molar-refractivity contribution in [1.29, 1.82) is 0 Å². The van der Waals surface area contributed by atoms with E-state index in [2.05, 4.69) is 25.9 Å². The molecule has 76 valence electrons. The summed E-state index contributed by atoms with van der Waals surface area (Å²) in [5.74, 6) is 0.749. The Bertz CT molecular complexity index is 276. The number of hydrogen-bond donors (Lipinski definition) is 3. The molecule has 0 unspecified atom stereocenters. The van der Waals surface area contributed by atoms with E-state index in [1.54, 1.807) is 19.3 Å². The fraction of sp³-hybridized carbons (Fsp3) is 0.375. The Kier molecular flexibility index (Phi) is 4.19. The van der Waals surface area contributed by atoms with Gasteiger partial charge in [0, 0.05) is 26.3 Å². The number of amides is 2. The van der Waals surface area contributed by atoms with Gasteiger partial charge in [-0.1, -0.05) is 0 Å². The van der Waals surface area contributed by atoms with Crippen LogP contribution < -0.4 is 16.0 Å². The van der Waals surface area contributed by atoms with E-state index in [1.807, 2.05) is 0 Å². The Labute approximate surface area is 82.1 Å². The zero-order chi connectivity index (χ0) is 10.2. The summed E-state index contributed by atoms with van der Waals surface area (Å²) in [6.45, 7) is 1.17. The van der Waals surface area contributed by atoms with Gasteiger partial charge in [0.25, 0.3) is 0 Å². The van der Waals surface area contributed by atoms with Crippen molar-refractivity contribution < 1.29 is 4.79 Å². The molecule has 0 saturated carbocycles. The second-order valence-electron chi connectivity index (χ2n) is 2.53. The van der Waals surface area contributed by atoms with Crippen molar-refractivity contribution in [2.24, 2.45) is 0 Å². The molecular weight excluding hydrogens is 182 g/mol. The summed E-state index contributed by atoms with van der Waals surface area (Å²) in [5, 5.41) is 8.14. The zero-order valence-electron chi connectivity index (χ0n) is 7.95.